The van der Waals surface area contributed by atoms with Crippen molar-refractivity contribution >= 4 is 28.5 Å². The van der Waals surface area contributed by atoms with E-state index in [2.05, 4.69) is 10.3 Å². The second kappa shape index (κ2) is 6.19. The highest BCUT2D eigenvalue weighted by Gasteiger charge is 2.30. The first-order valence-corrected chi connectivity index (χ1v) is 8.27. The van der Waals surface area contributed by atoms with Gasteiger partial charge in [-0.05, 0) is 24.3 Å². The van der Waals surface area contributed by atoms with E-state index in [1.165, 1.54) is 0 Å². The lowest BCUT2D eigenvalue weighted by Crippen LogP contribution is -2.53. The Labute approximate surface area is 141 Å². The molecule has 1 aliphatic rings. The van der Waals surface area contributed by atoms with Gasteiger partial charge in [0.15, 0.2) is 0 Å². The van der Waals surface area contributed by atoms with Gasteiger partial charge in [-0.3, -0.25) is 4.79 Å². The summed E-state index contributed by atoms with van der Waals surface area (Å²) in [5, 5.41) is 4.00. The molecule has 6 heteroatoms. The van der Waals surface area contributed by atoms with Crippen molar-refractivity contribution in [2.75, 3.05) is 31.5 Å². The summed E-state index contributed by atoms with van der Waals surface area (Å²) < 4.78 is 0. The third-order valence-electron chi connectivity index (χ3n) is 4.30. The van der Waals surface area contributed by atoms with Crippen LogP contribution in [0.1, 0.15) is 20.8 Å². The third kappa shape index (κ3) is 3.37. The summed E-state index contributed by atoms with van der Waals surface area (Å²) in [5.74, 6) is 0.139. The first kappa shape index (κ1) is 16.4. The van der Waals surface area contributed by atoms with Crippen molar-refractivity contribution in [2.45, 2.75) is 20.8 Å². The summed E-state index contributed by atoms with van der Waals surface area (Å²) in [6, 6.07) is 7.64. The fourth-order valence-electron chi connectivity index (χ4n) is 2.92. The second-order valence-electron chi connectivity index (χ2n) is 7.24. The molecule has 24 heavy (non-hydrogen) atoms. The van der Waals surface area contributed by atoms with Crippen LogP contribution >= 0.6 is 0 Å². The van der Waals surface area contributed by atoms with Crippen LogP contribution in [0.15, 0.2) is 30.5 Å². The number of fused-ring (bicyclic) bond motifs is 1. The average molecular weight is 328 g/mol. The summed E-state index contributed by atoms with van der Waals surface area (Å²) in [6.07, 6.45) is 1.88. The molecule has 1 aromatic carbocycles. The number of carbonyl (C=O) groups excluding carboxylic acids is 2. The fourth-order valence-corrected chi connectivity index (χ4v) is 2.92. The van der Waals surface area contributed by atoms with Gasteiger partial charge in [0.2, 0.25) is 5.91 Å². The number of aromatic nitrogens is 1. The Kier molecular flexibility index (Phi) is 4.22. The Morgan fingerprint density at radius 2 is 1.71 bits per heavy atom. The van der Waals surface area contributed by atoms with Gasteiger partial charge in [0.25, 0.3) is 0 Å². The molecular weight excluding hydrogens is 304 g/mol. The van der Waals surface area contributed by atoms with Gasteiger partial charge in [-0.25, -0.2) is 4.79 Å². The Bertz CT molecular complexity index is 752. The molecule has 2 N–H and O–H groups in total. The van der Waals surface area contributed by atoms with Crippen LogP contribution in [-0.2, 0) is 4.79 Å². The van der Waals surface area contributed by atoms with Gasteiger partial charge in [-0.1, -0.05) is 20.8 Å². The number of amides is 3. The topological polar surface area (TPSA) is 68.4 Å². The summed E-state index contributed by atoms with van der Waals surface area (Å²) >= 11 is 0. The van der Waals surface area contributed by atoms with Crippen molar-refractivity contribution in [2.24, 2.45) is 5.41 Å². The molecule has 2 aromatic rings. The molecular formula is C18H24N4O2. The summed E-state index contributed by atoms with van der Waals surface area (Å²) in [6.45, 7) is 8.05. The Morgan fingerprint density at radius 1 is 1.04 bits per heavy atom. The van der Waals surface area contributed by atoms with Crippen molar-refractivity contribution in [3.63, 3.8) is 0 Å². The third-order valence-corrected chi connectivity index (χ3v) is 4.30. The van der Waals surface area contributed by atoms with E-state index in [0.717, 1.165) is 16.6 Å². The number of benzene rings is 1. The lowest BCUT2D eigenvalue weighted by molar-refractivity contribution is -0.140. The fraction of sp³-hybridized carbons (Fsp3) is 0.444. The molecule has 0 saturated carbocycles. The first-order valence-electron chi connectivity index (χ1n) is 8.27. The molecule has 0 atom stereocenters. The molecule has 6 nitrogen and oxygen atoms in total. The Morgan fingerprint density at radius 3 is 2.38 bits per heavy atom. The van der Waals surface area contributed by atoms with Gasteiger partial charge < -0.3 is 20.1 Å². The molecule has 0 spiro atoms. The van der Waals surface area contributed by atoms with Gasteiger partial charge in [0.05, 0.1) is 0 Å². The standard InChI is InChI=1S/C18H24N4O2/c1-18(2,3)16(23)21-8-10-22(11-9-21)17(24)20-14-4-5-15-13(12-14)6-7-19-15/h4-7,12,19H,8-11H2,1-3H3,(H,20,24). The van der Waals surface area contributed by atoms with E-state index in [-0.39, 0.29) is 17.4 Å². The number of H-pyrrole nitrogens is 1. The van der Waals surface area contributed by atoms with Crippen LogP contribution in [0, 0.1) is 5.41 Å². The van der Waals surface area contributed by atoms with Crippen molar-refractivity contribution in [3.8, 4) is 0 Å². The SMILES string of the molecule is CC(C)(C)C(=O)N1CCN(C(=O)Nc2ccc3[nH]ccc3c2)CC1. The van der Waals surface area contributed by atoms with Gasteiger partial charge >= 0.3 is 6.03 Å². The predicted molar refractivity (Wildman–Crippen MR) is 94.9 cm³/mol. The maximum Gasteiger partial charge on any atom is 0.321 e. The van der Waals surface area contributed by atoms with Crippen LogP contribution in [-0.4, -0.2) is 52.9 Å². The molecule has 1 aliphatic heterocycles. The molecule has 3 amide bonds. The zero-order valence-electron chi connectivity index (χ0n) is 14.4. The summed E-state index contributed by atoms with van der Waals surface area (Å²) in [4.78, 5) is 31.4. The maximum absolute atomic E-state index is 12.4. The van der Waals surface area contributed by atoms with E-state index in [0.29, 0.717) is 26.2 Å². The Hall–Kier alpha value is -2.50. The minimum Gasteiger partial charge on any atom is -0.361 e. The average Bonchev–Trinajstić information content (AvgIpc) is 3.01. The van der Waals surface area contributed by atoms with Crippen LogP contribution in [0.3, 0.4) is 0 Å². The van der Waals surface area contributed by atoms with Crippen LogP contribution in [0.5, 0.6) is 0 Å². The van der Waals surface area contributed by atoms with E-state index >= 15 is 0 Å². The van der Waals surface area contributed by atoms with Crippen molar-refractivity contribution in [3.05, 3.63) is 30.5 Å². The van der Waals surface area contributed by atoms with Crippen LogP contribution < -0.4 is 5.32 Å². The number of carbonyl (C=O) groups is 2. The van der Waals surface area contributed by atoms with Gasteiger partial charge in [-0.15, -0.1) is 0 Å². The zero-order valence-corrected chi connectivity index (χ0v) is 14.4. The van der Waals surface area contributed by atoms with Crippen molar-refractivity contribution in [1.29, 1.82) is 0 Å². The van der Waals surface area contributed by atoms with E-state index < -0.39 is 0 Å². The monoisotopic (exact) mass is 328 g/mol. The predicted octanol–water partition coefficient (Wildman–Crippen LogP) is 2.89. The summed E-state index contributed by atoms with van der Waals surface area (Å²) in [5.41, 5.74) is 1.44. The molecule has 0 radical (unpaired) electrons. The molecule has 2 heterocycles. The van der Waals surface area contributed by atoms with Crippen molar-refractivity contribution < 1.29 is 9.59 Å². The van der Waals surface area contributed by atoms with E-state index in [1.807, 2.05) is 56.1 Å². The lowest BCUT2D eigenvalue weighted by atomic mass is 9.94. The van der Waals surface area contributed by atoms with Crippen molar-refractivity contribution in [1.82, 2.24) is 14.8 Å². The largest absolute Gasteiger partial charge is 0.361 e. The zero-order chi connectivity index (χ0) is 17.3. The minimum atomic E-state index is -0.379. The highest BCUT2D eigenvalue weighted by atomic mass is 16.2. The number of nitrogens with zero attached hydrogens (tertiary/aromatic N) is 2. The molecule has 1 saturated heterocycles. The van der Waals surface area contributed by atoms with Gasteiger partial charge in [0.1, 0.15) is 0 Å². The number of aromatic amines is 1. The van der Waals surface area contributed by atoms with Crippen LogP contribution in [0.4, 0.5) is 10.5 Å². The molecule has 0 unspecified atom stereocenters. The maximum atomic E-state index is 12.4. The number of rotatable bonds is 1. The highest BCUT2D eigenvalue weighted by Crippen LogP contribution is 2.20. The molecule has 128 valence electrons. The first-order chi connectivity index (χ1) is 11.3. The van der Waals surface area contributed by atoms with E-state index in [4.69, 9.17) is 0 Å². The number of urea groups is 1. The highest BCUT2D eigenvalue weighted by molar-refractivity contribution is 5.93. The second-order valence-corrected chi connectivity index (χ2v) is 7.24. The number of hydrogen-bond donors (Lipinski definition) is 2. The number of hydrogen-bond acceptors (Lipinski definition) is 2. The molecule has 0 bridgehead atoms. The lowest BCUT2D eigenvalue weighted by Gasteiger charge is -2.37. The quantitative estimate of drug-likeness (QED) is 0.845. The van der Waals surface area contributed by atoms with E-state index in [9.17, 15) is 9.59 Å². The van der Waals surface area contributed by atoms with Gasteiger partial charge in [0, 0.05) is 54.4 Å². The summed E-state index contributed by atoms with van der Waals surface area (Å²) in [7, 11) is 0. The number of anilines is 1. The Balaban J connectivity index is 1.58. The molecule has 0 aliphatic carbocycles. The number of piperazine rings is 1. The van der Waals surface area contributed by atoms with Crippen LogP contribution in [0.25, 0.3) is 10.9 Å². The molecule has 1 fully saturated rings. The smallest absolute Gasteiger partial charge is 0.321 e. The normalized spacial score (nSPS) is 15.6. The minimum absolute atomic E-state index is 0.118. The molecule has 1 aromatic heterocycles. The van der Waals surface area contributed by atoms with Crippen LogP contribution in [0.2, 0.25) is 0 Å². The van der Waals surface area contributed by atoms with Gasteiger partial charge in [-0.2, -0.15) is 0 Å². The van der Waals surface area contributed by atoms with E-state index in [1.54, 1.807) is 4.90 Å². The number of nitrogens with one attached hydrogen (secondary N) is 2. The molecule has 3 rings (SSSR count).